The molecule has 114 valence electrons. The molecule has 6 nitrogen and oxygen atoms in total. The molecular formula is C15H21N3O3. The van der Waals surface area contributed by atoms with Gasteiger partial charge in [0.05, 0.1) is 5.56 Å². The van der Waals surface area contributed by atoms with Crippen molar-refractivity contribution in [2.45, 2.75) is 19.9 Å². The van der Waals surface area contributed by atoms with Crippen molar-refractivity contribution in [2.24, 2.45) is 0 Å². The molecule has 0 bridgehead atoms. The maximum Gasteiger partial charge on any atom is 0.258 e. The molecule has 1 fully saturated rings. The van der Waals surface area contributed by atoms with Crippen LogP contribution in [0.2, 0.25) is 0 Å². The van der Waals surface area contributed by atoms with Crippen molar-refractivity contribution in [2.75, 3.05) is 26.2 Å². The maximum absolute atomic E-state index is 12.7. The van der Waals surface area contributed by atoms with Gasteiger partial charge in [-0.15, -0.1) is 0 Å². The first-order valence-corrected chi connectivity index (χ1v) is 7.13. The molecule has 1 saturated heterocycles. The molecule has 0 saturated carbocycles. The van der Waals surface area contributed by atoms with Gasteiger partial charge in [0.2, 0.25) is 5.91 Å². The van der Waals surface area contributed by atoms with Gasteiger partial charge in [0, 0.05) is 26.2 Å². The van der Waals surface area contributed by atoms with Crippen molar-refractivity contribution in [1.82, 2.24) is 15.5 Å². The third kappa shape index (κ3) is 3.33. The third-order valence-corrected chi connectivity index (χ3v) is 3.54. The lowest BCUT2D eigenvalue weighted by atomic mass is 10.1. The highest BCUT2D eigenvalue weighted by Crippen LogP contribution is 2.21. The Hall–Kier alpha value is -2.08. The van der Waals surface area contributed by atoms with Crippen LogP contribution in [0.25, 0.3) is 0 Å². The number of hydrogen-bond acceptors (Lipinski definition) is 4. The highest BCUT2D eigenvalue weighted by molar-refractivity contribution is 6.00. The number of amides is 2. The Kier molecular flexibility index (Phi) is 4.80. The average molecular weight is 291 g/mol. The molecule has 2 amide bonds. The van der Waals surface area contributed by atoms with Gasteiger partial charge in [-0.3, -0.25) is 9.59 Å². The highest BCUT2D eigenvalue weighted by Gasteiger charge is 2.33. The summed E-state index contributed by atoms with van der Waals surface area (Å²) in [4.78, 5) is 26.3. The number of phenolic OH excluding ortho intramolecular Hbond substituents is 1. The van der Waals surface area contributed by atoms with Crippen LogP contribution in [0, 0.1) is 6.92 Å². The summed E-state index contributed by atoms with van der Waals surface area (Å²) in [5.41, 5.74) is 1.13. The second kappa shape index (κ2) is 6.58. The van der Waals surface area contributed by atoms with E-state index in [2.05, 4.69) is 10.6 Å². The van der Waals surface area contributed by atoms with Gasteiger partial charge in [-0.25, -0.2) is 0 Å². The van der Waals surface area contributed by atoms with Crippen LogP contribution in [-0.4, -0.2) is 54.0 Å². The van der Waals surface area contributed by atoms with E-state index in [1.807, 2.05) is 13.8 Å². The van der Waals surface area contributed by atoms with Gasteiger partial charge in [-0.2, -0.15) is 0 Å². The normalized spacial score (nSPS) is 18.4. The van der Waals surface area contributed by atoms with Crippen LogP contribution >= 0.6 is 0 Å². The van der Waals surface area contributed by atoms with Crippen LogP contribution < -0.4 is 10.6 Å². The largest absolute Gasteiger partial charge is 0.507 e. The first-order valence-electron chi connectivity index (χ1n) is 7.13. The molecule has 2 rings (SSSR count). The van der Waals surface area contributed by atoms with Crippen LogP contribution in [0.3, 0.4) is 0 Å². The van der Waals surface area contributed by atoms with E-state index >= 15 is 0 Å². The number of carbonyl (C=O) groups is 2. The zero-order chi connectivity index (χ0) is 15.4. The molecule has 6 heteroatoms. The highest BCUT2D eigenvalue weighted by atomic mass is 16.3. The molecule has 1 aliphatic heterocycles. The van der Waals surface area contributed by atoms with Gasteiger partial charge < -0.3 is 20.6 Å². The monoisotopic (exact) mass is 291 g/mol. The number of hydrogen-bond donors (Lipinski definition) is 3. The van der Waals surface area contributed by atoms with Gasteiger partial charge in [0.1, 0.15) is 11.8 Å². The summed E-state index contributed by atoms with van der Waals surface area (Å²) >= 11 is 0. The lowest BCUT2D eigenvalue weighted by molar-refractivity contribution is -0.126. The molecule has 0 spiro atoms. The van der Waals surface area contributed by atoms with Crippen molar-refractivity contribution in [3.63, 3.8) is 0 Å². The third-order valence-electron chi connectivity index (χ3n) is 3.54. The number of piperazine rings is 1. The van der Waals surface area contributed by atoms with Crippen molar-refractivity contribution in [3.8, 4) is 5.75 Å². The number of aromatic hydroxyl groups is 1. The van der Waals surface area contributed by atoms with Crippen molar-refractivity contribution >= 4 is 11.8 Å². The predicted molar refractivity (Wildman–Crippen MR) is 79.2 cm³/mol. The minimum Gasteiger partial charge on any atom is -0.507 e. The van der Waals surface area contributed by atoms with E-state index < -0.39 is 6.04 Å². The van der Waals surface area contributed by atoms with E-state index in [1.165, 1.54) is 11.0 Å². The predicted octanol–water partition coefficient (Wildman–Crippen LogP) is 0.251. The Morgan fingerprint density at radius 3 is 2.95 bits per heavy atom. The quantitative estimate of drug-likeness (QED) is 0.746. The summed E-state index contributed by atoms with van der Waals surface area (Å²) in [5.74, 6) is -0.544. The fourth-order valence-electron chi connectivity index (χ4n) is 2.45. The second-order valence-electron chi connectivity index (χ2n) is 5.13. The number of phenols is 1. The molecular weight excluding hydrogens is 270 g/mol. The summed E-state index contributed by atoms with van der Waals surface area (Å²) in [6.45, 7) is 5.71. The van der Waals surface area contributed by atoms with Gasteiger partial charge in [-0.05, 0) is 26.0 Å². The van der Waals surface area contributed by atoms with Crippen LogP contribution in [0.4, 0.5) is 0 Å². The number of carbonyl (C=O) groups excluding carboxylic acids is 2. The van der Waals surface area contributed by atoms with Gasteiger partial charge in [0.25, 0.3) is 5.91 Å². The molecule has 21 heavy (non-hydrogen) atoms. The Balaban J connectivity index is 2.26. The smallest absolute Gasteiger partial charge is 0.258 e. The first-order chi connectivity index (χ1) is 10.0. The number of nitrogens with one attached hydrogen (secondary N) is 2. The molecule has 1 unspecified atom stereocenters. The number of aryl methyl sites for hydroxylation is 1. The maximum atomic E-state index is 12.7. The van der Waals surface area contributed by atoms with E-state index in [4.69, 9.17) is 0 Å². The van der Waals surface area contributed by atoms with Crippen LogP contribution in [0.15, 0.2) is 18.2 Å². The fourth-order valence-corrected chi connectivity index (χ4v) is 2.45. The van der Waals surface area contributed by atoms with Crippen LogP contribution in [-0.2, 0) is 4.79 Å². The molecule has 1 heterocycles. The summed E-state index contributed by atoms with van der Waals surface area (Å²) in [5, 5.41) is 15.8. The number of likely N-dealkylation sites (N-methyl/N-ethyl adjacent to an activating group) is 1. The molecule has 0 aliphatic carbocycles. The second-order valence-corrected chi connectivity index (χ2v) is 5.13. The van der Waals surface area contributed by atoms with Crippen LogP contribution in [0.1, 0.15) is 22.8 Å². The van der Waals surface area contributed by atoms with Crippen molar-refractivity contribution in [1.29, 1.82) is 0 Å². The first kappa shape index (κ1) is 15.3. The topological polar surface area (TPSA) is 81.7 Å². The zero-order valence-corrected chi connectivity index (χ0v) is 12.3. The summed E-state index contributed by atoms with van der Waals surface area (Å²) in [6, 6.07) is 4.34. The Labute approximate surface area is 124 Å². The Morgan fingerprint density at radius 1 is 1.48 bits per heavy atom. The average Bonchev–Trinajstić information content (AvgIpc) is 2.49. The SMILES string of the molecule is CCNC(=O)C1CNCCN1C(=O)c1cc(C)ccc1O. The van der Waals surface area contributed by atoms with E-state index in [9.17, 15) is 14.7 Å². The minimum atomic E-state index is -0.550. The molecule has 0 radical (unpaired) electrons. The fraction of sp³-hybridized carbons (Fsp3) is 0.467. The minimum absolute atomic E-state index is 0.0567. The van der Waals surface area contributed by atoms with Crippen molar-refractivity contribution in [3.05, 3.63) is 29.3 Å². The summed E-state index contributed by atoms with van der Waals surface area (Å²) < 4.78 is 0. The molecule has 1 aromatic rings. The molecule has 1 aromatic carbocycles. The van der Waals surface area contributed by atoms with E-state index in [1.54, 1.807) is 12.1 Å². The molecule has 1 atom stereocenters. The van der Waals surface area contributed by atoms with E-state index in [0.29, 0.717) is 26.2 Å². The Morgan fingerprint density at radius 2 is 2.24 bits per heavy atom. The lowest BCUT2D eigenvalue weighted by Crippen LogP contribution is -2.59. The molecule has 1 aliphatic rings. The summed E-state index contributed by atoms with van der Waals surface area (Å²) in [6.07, 6.45) is 0. The Bertz CT molecular complexity index is 545. The van der Waals surface area contributed by atoms with Gasteiger partial charge >= 0.3 is 0 Å². The van der Waals surface area contributed by atoms with Crippen molar-refractivity contribution < 1.29 is 14.7 Å². The van der Waals surface area contributed by atoms with E-state index in [-0.39, 0.29) is 23.1 Å². The summed E-state index contributed by atoms with van der Waals surface area (Å²) in [7, 11) is 0. The number of rotatable bonds is 3. The van der Waals surface area contributed by atoms with Crippen LogP contribution in [0.5, 0.6) is 5.75 Å². The van der Waals surface area contributed by atoms with Gasteiger partial charge in [-0.1, -0.05) is 11.6 Å². The number of nitrogens with zero attached hydrogens (tertiary/aromatic N) is 1. The molecule has 3 N–H and O–H groups in total. The number of benzene rings is 1. The standard InChI is InChI=1S/C15H21N3O3/c1-3-17-14(20)12-9-16-6-7-18(12)15(21)11-8-10(2)4-5-13(11)19/h4-5,8,12,16,19H,3,6-7,9H2,1-2H3,(H,17,20). The lowest BCUT2D eigenvalue weighted by Gasteiger charge is -2.35. The zero-order valence-electron chi connectivity index (χ0n) is 12.3. The van der Waals surface area contributed by atoms with Gasteiger partial charge in [0.15, 0.2) is 0 Å². The van der Waals surface area contributed by atoms with E-state index in [0.717, 1.165) is 5.56 Å². The molecule has 0 aromatic heterocycles.